The molecule has 3 heterocycles. The summed E-state index contributed by atoms with van der Waals surface area (Å²) in [6.45, 7) is 2.80. The van der Waals surface area contributed by atoms with Crippen LogP contribution in [0, 0.1) is 0 Å². The molecule has 0 saturated heterocycles. The second kappa shape index (κ2) is 8.91. The Kier molecular flexibility index (Phi) is 5.90. The topological polar surface area (TPSA) is 85.6 Å². The Morgan fingerprint density at radius 2 is 2.00 bits per heavy atom. The van der Waals surface area contributed by atoms with Crippen LogP contribution in [0.1, 0.15) is 47.1 Å². The zero-order valence-corrected chi connectivity index (χ0v) is 17.0. The minimum Gasteiger partial charge on any atom is -0.296 e. The number of aromatic nitrogens is 5. The van der Waals surface area contributed by atoms with E-state index in [-0.39, 0.29) is 5.91 Å². The molecule has 0 bridgehead atoms. The minimum atomic E-state index is -0.244. The van der Waals surface area contributed by atoms with Crippen molar-refractivity contribution in [2.75, 3.05) is 5.32 Å². The molecule has 0 saturated carbocycles. The van der Waals surface area contributed by atoms with E-state index in [9.17, 15) is 4.79 Å². The summed E-state index contributed by atoms with van der Waals surface area (Å²) in [6, 6.07) is 11.9. The summed E-state index contributed by atoms with van der Waals surface area (Å²) in [4.78, 5) is 17.0. The first kappa shape index (κ1) is 19.2. The van der Waals surface area contributed by atoms with Crippen molar-refractivity contribution >= 4 is 33.4 Å². The van der Waals surface area contributed by atoms with E-state index in [1.807, 2.05) is 35.0 Å². The number of pyridine rings is 1. The molecule has 0 radical (unpaired) electrons. The predicted octanol–water partition coefficient (Wildman–Crippen LogP) is 4.32. The first-order valence-electron chi connectivity index (χ1n) is 9.72. The van der Waals surface area contributed by atoms with Crippen molar-refractivity contribution < 1.29 is 4.79 Å². The van der Waals surface area contributed by atoms with Crippen LogP contribution in [0.25, 0.3) is 11.0 Å². The Morgan fingerprint density at radius 3 is 2.83 bits per heavy atom. The van der Waals surface area contributed by atoms with E-state index in [1.54, 1.807) is 18.5 Å². The second-order valence-corrected chi connectivity index (χ2v) is 7.90. The number of carbonyl (C=O) groups excluding carboxylic acids is 1. The van der Waals surface area contributed by atoms with Crippen molar-refractivity contribution in [3.8, 4) is 0 Å². The van der Waals surface area contributed by atoms with Crippen molar-refractivity contribution in [3.63, 3.8) is 0 Å². The third-order valence-electron chi connectivity index (χ3n) is 4.59. The molecule has 8 heteroatoms. The number of rotatable bonds is 8. The first-order valence-corrected chi connectivity index (χ1v) is 10.5. The summed E-state index contributed by atoms with van der Waals surface area (Å²) in [5.41, 5.74) is 2.37. The van der Waals surface area contributed by atoms with Crippen LogP contribution < -0.4 is 5.32 Å². The molecule has 0 unspecified atom stereocenters. The van der Waals surface area contributed by atoms with Crippen molar-refractivity contribution in [2.24, 2.45) is 0 Å². The average molecular weight is 407 g/mol. The molecule has 1 aromatic carbocycles. The van der Waals surface area contributed by atoms with Crippen LogP contribution in [0.5, 0.6) is 0 Å². The molecule has 0 aliphatic heterocycles. The summed E-state index contributed by atoms with van der Waals surface area (Å²) < 4.78 is 1.83. The standard InChI is InChI=1S/C21H22N6OS/c1-2-3-5-10-18-25-26-21(29-18)24-20(28)17-11-16-13-23-27(19(16)22-12-17)14-15-8-6-4-7-9-15/h4,6-9,11-13H,2-3,5,10,14H2,1H3,(H,24,26,28). The van der Waals surface area contributed by atoms with Gasteiger partial charge in [-0.25, -0.2) is 9.67 Å². The number of fused-ring (bicyclic) bond motifs is 1. The van der Waals surface area contributed by atoms with Gasteiger partial charge in [-0.1, -0.05) is 61.4 Å². The Balaban J connectivity index is 1.45. The smallest absolute Gasteiger partial charge is 0.259 e. The Bertz CT molecular complexity index is 1100. The largest absolute Gasteiger partial charge is 0.296 e. The number of carbonyl (C=O) groups is 1. The normalized spacial score (nSPS) is 11.1. The summed E-state index contributed by atoms with van der Waals surface area (Å²) in [5.74, 6) is -0.244. The van der Waals surface area contributed by atoms with E-state index in [2.05, 4.69) is 32.5 Å². The van der Waals surface area contributed by atoms with Gasteiger partial charge >= 0.3 is 0 Å². The molecule has 3 aromatic heterocycles. The Hall–Kier alpha value is -3.13. The molecule has 7 nitrogen and oxygen atoms in total. The fourth-order valence-electron chi connectivity index (χ4n) is 3.07. The van der Waals surface area contributed by atoms with Crippen molar-refractivity contribution in [3.05, 3.63) is 64.9 Å². The van der Waals surface area contributed by atoms with Crippen LogP contribution in [0.15, 0.2) is 48.8 Å². The Labute approximate surface area is 172 Å². The monoisotopic (exact) mass is 406 g/mol. The van der Waals surface area contributed by atoms with E-state index in [1.165, 1.54) is 24.2 Å². The number of amides is 1. The average Bonchev–Trinajstić information content (AvgIpc) is 3.35. The van der Waals surface area contributed by atoms with Crippen LogP contribution in [-0.2, 0) is 13.0 Å². The number of hydrogen-bond donors (Lipinski definition) is 1. The van der Waals surface area contributed by atoms with E-state index in [4.69, 9.17) is 0 Å². The summed E-state index contributed by atoms with van der Waals surface area (Å²) >= 11 is 1.42. The SMILES string of the molecule is CCCCCc1nnc(NC(=O)c2cnc3c(cnn3Cc3ccccc3)c2)s1. The molecular formula is C21H22N6OS. The lowest BCUT2D eigenvalue weighted by Crippen LogP contribution is -2.12. The molecule has 1 N–H and O–H groups in total. The summed E-state index contributed by atoms with van der Waals surface area (Å²) in [6.07, 6.45) is 7.63. The lowest BCUT2D eigenvalue weighted by Gasteiger charge is -2.04. The molecular weight excluding hydrogens is 384 g/mol. The van der Waals surface area contributed by atoms with Gasteiger partial charge in [0.05, 0.1) is 18.3 Å². The van der Waals surface area contributed by atoms with Crippen LogP contribution in [0.3, 0.4) is 0 Å². The fourth-order valence-corrected chi connectivity index (χ4v) is 3.85. The van der Waals surface area contributed by atoms with Crippen LogP contribution in [0.2, 0.25) is 0 Å². The van der Waals surface area contributed by atoms with Gasteiger partial charge in [-0.2, -0.15) is 5.10 Å². The lowest BCUT2D eigenvalue weighted by molar-refractivity contribution is 0.102. The van der Waals surface area contributed by atoms with E-state index < -0.39 is 0 Å². The molecule has 0 aliphatic rings. The number of benzene rings is 1. The van der Waals surface area contributed by atoms with Gasteiger partial charge in [-0.3, -0.25) is 10.1 Å². The van der Waals surface area contributed by atoms with Gasteiger partial charge in [-0.15, -0.1) is 10.2 Å². The quantitative estimate of drug-likeness (QED) is 0.441. The molecule has 0 atom stereocenters. The van der Waals surface area contributed by atoms with E-state index in [0.29, 0.717) is 17.2 Å². The molecule has 0 fully saturated rings. The number of hydrogen-bond acceptors (Lipinski definition) is 6. The van der Waals surface area contributed by atoms with Crippen LogP contribution in [-0.4, -0.2) is 30.9 Å². The van der Waals surface area contributed by atoms with E-state index >= 15 is 0 Å². The minimum absolute atomic E-state index is 0.244. The van der Waals surface area contributed by atoms with Gasteiger partial charge < -0.3 is 0 Å². The van der Waals surface area contributed by atoms with Crippen molar-refractivity contribution in [2.45, 2.75) is 39.2 Å². The predicted molar refractivity (Wildman–Crippen MR) is 114 cm³/mol. The highest BCUT2D eigenvalue weighted by Gasteiger charge is 2.13. The van der Waals surface area contributed by atoms with Gasteiger partial charge in [0.1, 0.15) is 5.01 Å². The maximum absolute atomic E-state index is 12.6. The first-order chi connectivity index (χ1) is 14.2. The van der Waals surface area contributed by atoms with Gasteiger partial charge in [-0.05, 0) is 18.1 Å². The van der Waals surface area contributed by atoms with E-state index in [0.717, 1.165) is 34.4 Å². The van der Waals surface area contributed by atoms with Crippen LogP contribution >= 0.6 is 11.3 Å². The number of nitrogens with zero attached hydrogens (tertiary/aromatic N) is 5. The van der Waals surface area contributed by atoms with Gasteiger partial charge in [0.25, 0.3) is 5.91 Å². The summed E-state index contributed by atoms with van der Waals surface area (Å²) in [5, 5.41) is 17.8. The molecule has 29 heavy (non-hydrogen) atoms. The molecule has 1 amide bonds. The highest BCUT2D eigenvalue weighted by Crippen LogP contribution is 2.20. The lowest BCUT2D eigenvalue weighted by atomic mass is 10.2. The molecule has 4 rings (SSSR count). The fraction of sp³-hybridized carbons (Fsp3) is 0.286. The maximum atomic E-state index is 12.6. The van der Waals surface area contributed by atoms with Gasteiger partial charge in [0.15, 0.2) is 5.65 Å². The van der Waals surface area contributed by atoms with Crippen LogP contribution in [0.4, 0.5) is 5.13 Å². The zero-order valence-electron chi connectivity index (χ0n) is 16.2. The highest BCUT2D eigenvalue weighted by atomic mass is 32.1. The maximum Gasteiger partial charge on any atom is 0.259 e. The third-order valence-corrected chi connectivity index (χ3v) is 5.49. The second-order valence-electron chi connectivity index (χ2n) is 6.84. The molecule has 148 valence electrons. The molecule has 0 spiro atoms. The van der Waals surface area contributed by atoms with Gasteiger partial charge in [0.2, 0.25) is 5.13 Å². The molecule has 0 aliphatic carbocycles. The Morgan fingerprint density at radius 1 is 1.14 bits per heavy atom. The number of anilines is 1. The third kappa shape index (κ3) is 4.65. The molecule has 4 aromatic rings. The number of unbranched alkanes of at least 4 members (excludes halogenated alkanes) is 2. The van der Waals surface area contributed by atoms with Crippen molar-refractivity contribution in [1.82, 2.24) is 25.0 Å². The number of nitrogens with one attached hydrogen (secondary N) is 1. The number of aryl methyl sites for hydroxylation is 1. The zero-order chi connectivity index (χ0) is 20.1. The van der Waals surface area contributed by atoms with Gasteiger partial charge in [0, 0.05) is 18.0 Å². The van der Waals surface area contributed by atoms with Crippen molar-refractivity contribution in [1.29, 1.82) is 0 Å². The highest BCUT2D eigenvalue weighted by molar-refractivity contribution is 7.15. The summed E-state index contributed by atoms with van der Waals surface area (Å²) in [7, 11) is 0.